The second-order valence-corrected chi connectivity index (χ2v) is 6.02. The van der Waals surface area contributed by atoms with Crippen LogP contribution < -0.4 is 5.56 Å². The van der Waals surface area contributed by atoms with Gasteiger partial charge in [0.1, 0.15) is 22.2 Å². The number of phenols is 1. The quantitative estimate of drug-likeness (QED) is 0.604. The number of aromatic hydroxyl groups is 1. The van der Waals surface area contributed by atoms with Gasteiger partial charge in [0.05, 0.1) is 11.6 Å². The summed E-state index contributed by atoms with van der Waals surface area (Å²) < 4.78 is 5.38. The van der Waals surface area contributed by atoms with Crippen molar-refractivity contribution in [3.63, 3.8) is 0 Å². The van der Waals surface area contributed by atoms with Crippen LogP contribution in [0, 0.1) is 0 Å². The van der Waals surface area contributed by atoms with Crippen LogP contribution in [0.15, 0.2) is 57.3 Å². The molecule has 5 nitrogen and oxygen atoms in total. The monoisotopic (exact) mass is 324 g/mol. The highest BCUT2D eigenvalue weighted by Gasteiger charge is 2.14. The van der Waals surface area contributed by atoms with Crippen LogP contribution in [0.2, 0.25) is 0 Å². The lowest BCUT2D eigenvalue weighted by Crippen LogP contribution is -2.11. The zero-order valence-corrected chi connectivity index (χ0v) is 12.8. The van der Waals surface area contributed by atoms with E-state index in [4.69, 9.17) is 4.42 Å². The lowest BCUT2D eigenvalue weighted by atomic mass is 10.1. The largest absolute Gasteiger partial charge is 0.508 e. The molecule has 1 aromatic carbocycles. The van der Waals surface area contributed by atoms with Crippen LogP contribution in [0.3, 0.4) is 0 Å². The zero-order chi connectivity index (χ0) is 15.8. The Morgan fingerprint density at radius 3 is 2.78 bits per heavy atom. The second kappa shape index (κ2) is 5.40. The molecule has 23 heavy (non-hydrogen) atoms. The molecule has 2 N–H and O–H groups in total. The normalized spacial score (nSPS) is 11.1. The van der Waals surface area contributed by atoms with Gasteiger partial charge in [-0.05, 0) is 29.8 Å². The van der Waals surface area contributed by atoms with Gasteiger partial charge in [-0.3, -0.25) is 4.79 Å². The molecule has 0 aliphatic rings. The average Bonchev–Trinajstić information content (AvgIpc) is 3.18. The van der Waals surface area contributed by atoms with Crippen molar-refractivity contribution in [2.75, 3.05) is 0 Å². The van der Waals surface area contributed by atoms with E-state index < -0.39 is 0 Å². The van der Waals surface area contributed by atoms with Gasteiger partial charge in [0.2, 0.25) is 0 Å². The first-order valence-electron chi connectivity index (χ1n) is 7.03. The van der Waals surface area contributed by atoms with Crippen LogP contribution in [-0.4, -0.2) is 15.1 Å². The number of hydrogen-bond donors (Lipinski definition) is 2. The fourth-order valence-electron chi connectivity index (χ4n) is 2.50. The summed E-state index contributed by atoms with van der Waals surface area (Å²) in [7, 11) is 0. The Kier molecular flexibility index (Phi) is 3.24. The first-order chi connectivity index (χ1) is 11.2. The Balaban J connectivity index is 1.76. The van der Waals surface area contributed by atoms with Crippen molar-refractivity contribution in [2.24, 2.45) is 0 Å². The van der Waals surface area contributed by atoms with E-state index in [9.17, 15) is 9.90 Å². The van der Waals surface area contributed by atoms with Crippen LogP contribution in [0.4, 0.5) is 0 Å². The highest BCUT2D eigenvalue weighted by molar-refractivity contribution is 7.17. The van der Waals surface area contributed by atoms with Crippen molar-refractivity contribution in [3.8, 4) is 17.1 Å². The Hall–Kier alpha value is -2.86. The van der Waals surface area contributed by atoms with Gasteiger partial charge in [0.25, 0.3) is 5.56 Å². The first-order valence-corrected chi connectivity index (χ1v) is 7.91. The first kappa shape index (κ1) is 13.8. The molecular formula is C17H12N2O3S. The van der Waals surface area contributed by atoms with Crippen molar-refractivity contribution in [1.82, 2.24) is 9.97 Å². The van der Waals surface area contributed by atoms with E-state index in [1.807, 2.05) is 23.6 Å². The number of fused-ring (bicyclic) bond motifs is 1. The predicted molar refractivity (Wildman–Crippen MR) is 88.9 cm³/mol. The molecule has 6 heteroatoms. The smallest absolute Gasteiger partial charge is 0.260 e. The van der Waals surface area contributed by atoms with Crippen molar-refractivity contribution in [1.29, 1.82) is 0 Å². The average molecular weight is 324 g/mol. The zero-order valence-electron chi connectivity index (χ0n) is 11.9. The number of thiophene rings is 1. The number of furan rings is 1. The number of nitrogens with one attached hydrogen (secondary N) is 1. The molecule has 0 aliphatic carbocycles. The van der Waals surface area contributed by atoms with E-state index in [2.05, 4.69) is 9.97 Å². The SMILES string of the molecule is O=c1[nH]c(Cc2ccc(O)cc2)nc2scc(-c3ccco3)c12. The van der Waals surface area contributed by atoms with E-state index in [-0.39, 0.29) is 11.3 Å². The minimum absolute atomic E-state index is 0.170. The number of hydrogen-bond acceptors (Lipinski definition) is 5. The molecule has 0 atom stereocenters. The van der Waals surface area contributed by atoms with Gasteiger partial charge in [-0.1, -0.05) is 12.1 Å². The molecule has 3 heterocycles. The predicted octanol–water partition coefficient (Wildman–Crippen LogP) is 3.54. The Morgan fingerprint density at radius 1 is 1.22 bits per heavy atom. The van der Waals surface area contributed by atoms with Crippen LogP contribution >= 0.6 is 11.3 Å². The summed E-state index contributed by atoms with van der Waals surface area (Å²) in [5, 5.41) is 11.8. The van der Waals surface area contributed by atoms with Crippen LogP contribution in [0.1, 0.15) is 11.4 Å². The van der Waals surface area contributed by atoms with E-state index in [1.165, 1.54) is 11.3 Å². The van der Waals surface area contributed by atoms with Gasteiger partial charge >= 0.3 is 0 Å². The summed E-state index contributed by atoms with van der Waals surface area (Å²) in [6.07, 6.45) is 2.08. The molecule has 0 unspecified atom stereocenters. The Labute approximate surface area is 134 Å². The number of rotatable bonds is 3. The van der Waals surface area contributed by atoms with Gasteiger partial charge < -0.3 is 14.5 Å². The lowest BCUT2D eigenvalue weighted by Gasteiger charge is -2.02. The summed E-state index contributed by atoms with van der Waals surface area (Å²) >= 11 is 1.42. The van der Waals surface area contributed by atoms with Crippen molar-refractivity contribution >= 4 is 21.6 Å². The number of aromatic nitrogens is 2. The Bertz CT molecular complexity index is 1010. The Morgan fingerprint density at radius 2 is 2.04 bits per heavy atom. The highest BCUT2D eigenvalue weighted by atomic mass is 32.1. The van der Waals surface area contributed by atoms with Gasteiger partial charge in [-0.25, -0.2) is 4.98 Å². The van der Waals surface area contributed by atoms with E-state index in [1.54, 1.807) is 24.5 Å². The van der Waals surface area contributed by atoms with Crippen LogP contribution in [0.25, 0.3) is 21.5 Å². The third-order valence-electron chi connectivity index (χ3n) is 3.59. The van der Waals surface area contributed by atoms with E-state index in [0.717, 1.165) is 11.1 Å². The molecule has 4 aromatic rings. The molecule has 3 aromatic heterocycles. The second-order valence-electron chi connectivity index (χ2n) is 5.16. The maximum Gasteiger partial charge on any atom is 0.260 e. The fraction of sp³-hybridized carbons (Fsp3) is 0.0588. The van der Waals surface area contributed by atoms with Crippen molar-refractivity contribution in [3.05, 3.63) is 69.8 Å². The molecule has 0 amide bonds. The molecule has 114 valence electrons. The fourth-order valence-corrected chi connectivity index (χ4v) is 3.44. The standard InChI is InChI=1S/C17H12N2O3S/c20-11-5-3-10(4-6-11)8-14-18-16(21)15-12(9-23-17(15)19-14)13-2-1-7-22-13/h1-7,9,20H,8H2,(H,18,19,21). The molecule has 0 saturated carbocycles. The van der Waals surface area contributed by atoms with E-state index >= 15 is 0 Å². The van der Waals surface area contributed by atoms with Gasteiger partial charge in [-0.2, -0.15) is 0 Å². The minimum atomic E-state index is -0.170. The third-order valence-corrected chi connectivity index (χ3v) is 4.46. The third kappa shape index (κ3) is 2.53. The maximum absolute atomic E-state index is 12.5. The molecule has 0 saturated heterocycles. The summed E-state index contributed by atoms with van der Waals surface area (Å²) in [5.41, 5.74) is 1.56. The number of aromatic amines is 1. The molecule has 0 bridgehead atoms. The van der Waals surface area contributed by atoms with Gasteiger partial charge in [0.15, 0.2) is 0 Å². The van der Waals surface area contributed by atoms with Crippen molar-refractivity contribution < 1.29 is 9.52 Å². The molecule has 0 fully saturated rings. The number of nitrogens with zero attached hydrogens (tertiary/aromatic N) is 1. The van der Waals surface area contributed by atoms with Crippen LogP contribution in [-0.2, 0) is 6.42 Å². The molecule has 4 rings (SSSR count). The summed E-state index contributed by atoms with van der Waals surface area (Å²) in [5.74, 6) is 1.47. The summed E-state index contributed by atoms with van der Waals surface area (Å²) in [4.78, 5) is 20.5. The number of phenolic OH excluding ortho intramolecular Hbond substituents is 1. The molecule has 0 spiro atoms. The van der Waals surface area contributed by atoms with Crippen molar-refractivity contribution in [2.45, 2.75) is 6.42 Å². The number of benzene rings is 1. The summed E-state index contributed by atoms with van der Waals surface area (Å²) in [6.45, 7) is 0. The van der Waals surface area contributed by atoms with Gasteiger partial charge in [-0.15, -0.1) is 11.3 Å². The maximum atomic E-state index is 12.5. The molecular weight excluding hydrogens is 312 g/mol. The lowest BCUT2D eigenvalue weighted by molar-refractivity contribution is 0.475. The van der Waals surface area contributed by atoms with E-state index in [0.29, 0.717) is 28.2 Å². The summed E-state index contributed by atoms with van der Waals surface area (Å²) in [6, 6.07) is 10.5. The van der Waals surface area contributed by atoms with Crippen LogP contribution in [0.5, 0.6) is 5.75 Å². The van der Waals surface area contributed by atoms with Gasteiger partial charge in [0, 0.05) is 17.4 Å². The molecule has 0 radical (unpaired) electrons. The minimum Gasteiger partial charge on any atom is -0.508 e. The highest BCUT2D eigenvalue weighted by Crippen LogP contribution is 2.31. The molecule has 0 aliphatic heterocycles. The number of H-pyrrole nitrogens is 1. The topological polar surface area (TPSA) is 79.1 Å².